The van der Waals surface area contributed by atoms with Crippen LogP contribution in [0.25, 0.3) is 50.3 Å². The molecule has 0 saturated heterocycles. The van der Waals surface area contributed by atoms with Gasteiger partial charge in [0.25, 0.3) is 5.56 Å². The molecule has 11 heteroatoms. The summed E-state index contributed by atoms with van der Waals surface area (Å²) >= 11 is 0. The van der Waals surface area contributed by atoms with Gasteiger partial charge in [-0.3, -0.25) is 14.0 Å². The normalized spacial score (nSPS) is 13.5. The number of H-pyrrole nitrogens is 1. The van der Waals surface area contributed by atoms with Crippen molar-refractivity contribution in [3.8, 4) is 28.3 Å². The lowest BCUT2D eigenvalue weighted by atomic mass is 10.0. The van der Waals surface area contributed by atoms with Crippen LogP contribution in [0.2, 0.25) is 0 Å². The molecule has 0 bridgehead atoms. The summed E-state index contributed by atoms with van der Waals surface area (Å²) in [6, 6.07) is 10.3. The number of anilines is 1. The SMILES string of the molecule is Cn1cc(-c2nc3c(-c4cccc(-n5ccc6cc(C7CC7)cc(F)c6c5=O)c4CO)nc(N)nc3[nH]2)cn1. The Bertz CT molecular complexity index is 1990. The zero-order valence-electron chi connectivity index (χ0n) is 20.9. The third kappa shape index (κ3) is 3.77. The Labute approximate surface area is 220 Å². The summed E-state index contributed by atoms with van der Waals surface area (Å²) in [5.41, 5.74) is 9.82. The van der Waals surface area contributed by atoms with E-state index < -0.39 is 18.0 Å². The number of nitrogens with zero attached hydrogens (tertiary/aromatic N) is 6. The molecular weight excluding hydrogens is 499 g/mol. The number of aryl methyl sites for hydroxylation is 1. The Morgan fingerprint density at radius 3 is 2.77 bits per heavy atom. The minimum absolute atomic E-state index is 0.0123. The number of fused-ring (bicyclic) bond motifs is 2. The molecule has 10 nitrogen and oxygen atoms in total. The van der Waals surface area contributed by atoms with E-state index in [1.54, 1.807) is 48.4 Å². The van der Waals surface area contributed by atoms with E-state index in [2.05, 4.69) is 20.1 Å². The summed E-state index contributed by atoms with van der Waals surface area (Å²) < 4.78 is 18.2. The largest absolute Gasteiger partial charge is 0.392 e. The predicted molar refractivity (Wildman–Crippen MR) is 145 cm³/mol. The molecule has 0 unspecified atom stereocenters. The second-order valence-electron chi connectivity index (χ2n) is 9.81. The number of rotatable bonds is 5. The molecule has 1 aliphatic rings. The average Bonchev–Trinajstić information content (AvgIpc) is 3.55. The van der Waals surface area contributed by atoms with Crippen molar-refractivity contribution in [2.24, 2.45) is 7.05 Å². The fourth-order valence-corrected chi connectivity index (χ4v) is 5.17. The lowest BCUT2D eigenvalue weighted by Gasteiger charge is -2.16. The van der Waals surface area contributed by atoms with E-state index in [1.165, 1.54) is 10.6 Å². The summed E-state index contributed by atoms with van der Waals surface area (Å²) in [4.78, 5) is 30.2. The van der Waals surface area contributed by atoms with Crippen LogP contribution in [-0.4, -0.2) is 39.4 Å². The molecule has 1 saturated carbocycles. The maximum absolute atomic E-state index is 15.2. The Morgan fingerprint density at radius 2 is 2.03 bits per heavy atom. The fraction of sp³-hybridized carbons (Fsp3) is 0.179. The number of nitrogens with one attached hydrogen (secondary N) is 1. The van der Waals surface area contributed by atoms with Gasteiger partial charge in [-0.05, 0) is 47.9 Å². The molecule has 0 spiro atoms. The standard InChI is InChI=1S/C28H23FN8O2/c1-36-12-17(11-31-36)25-32-24-23(33-28(30)35-26(24)34-25)18-3-2-4-21(19(18)13-38)37-8-7-15-9-16(14-5-6-14)10-20(29)22(15)27(37)39/h2-4,7-12,14,38H,5-6,13H2,1H3,(H3,30,32,33,34,35). The van der Waals surface area contributed by atoms with E-state index >= 15 is 4.39 Å². The number of hydrogen-bond acceptors (Lipinski definition) is 7. The maximum Gasteiger partial charge on any atom is 0.265 e. The number of hydrogen-bond donors (Lipinski definition) is 3. The second-order valence-corrected chi connectivity index (χ2v) is 9.81. The molecule has 194 valence electrons. The fourth-order valence-electron chi connectivity index (χ4n) is 5.17. The Morgan fingerprint density at radius 1 is 1.18 bits per heavy atom. The highest BCUT2D eigenvalue weighted by molar-refractivity contribution is 5.92. The third-order valence-electron chi connectivity index (χ3n) is 7.19. The van der Waals surface area contributed by atoms with E-state index in [4.69, 9.17) is 10.7 Å². The molecule has 0 aliphatic heterocycles. The molecule has 0 atom stereocenters. The van der Waals surface area contributed by atoms with Gasteiger partial charge in [-0.1, -0.05) is 18.2 Å². The topological polar surface area (TPSA) is 141 Å². The molecule has 2 aromatic carbocycles. The second kappa shape index (κ2) is 8.57. The van der Waals surface area contributed by atoms with Crippen LogP contribution in [0.4, 0.5) is 10.3 Å². The van der Waals surface area contributed by atoms with Gasteiger partial charge in [0.15, 0.2) is 5.65 Å². The van der Waals surface area contributed by atoms with Gasteiger partial charge in [-0.15, -0.1) is 0 Å². The van der Waals surface area contributed by atoms with Gasteiger partial charge in [0.05, 0.1) is 29.4 Å². The molecule has 0 amide bonds. The Kier molecular flexibility index (Phi) is 5.10. The quantitative estimate of drug-likeness (QED) is 0.313. The number of aromatic nitrogens is 7. The first-order valence-electron chi connectivity index (χ1n) is 12.5. The molecule has 1 aliphatic carbocycles. The predicted octanol–water partition coefficient (Wildman–Crippen LogP) is 3.82. The van der Waals surface area contributed by atoms with Crippen molar-refractivity contribution in [1.29, 1.82) is 0 Å². The number of aromatic amines is 1. The summed E-state index contributed by atoms with van der Waals surface area (Å²) in [5.74, 6) is 0.374. The minimum atomic E-state index is -0.541. The summed E-state index contributed by atoms with van der Waals surface area (Å²) in [6.07, 6.45) is 7.17. The first kappa shape index (κ1) is 23.2. The van der Waals surface area contributed by atoms with Crippen molar-refractivity contribution in [2.75, 3.05) is 5.73 Å². The van der Waals surface area contributed by atoms with Crippen LogP contribution in [0.1, 0.15) is 29.9 Å². The van der Waals surface area contributed by atoms with Gasteiger partial charge in [-0.2, -0.15) is 10.1 Å². The molecule has 39 heavy (non-hydrogen) atoms. The summed E-state index contributed by atoms with van der Waals surface area (Å²) in [7, 11) is 1.81. The van der Waals surface area contributed by atoms with Crippen LogP contribution in [0, 0.1) is 5.82 Å². The summed E-state index contributed by atoms with van der Waals surface area (Å²) in [6.45, 7) is -0.412. The average molecular weight is 523 g/mol. The van der Waals surface area contributed by atoms with Crippen LogP contribution in [0.15, 0.2) is 59.8 Å². The number of halogens is 1. The summed E-state index contributed by atoms with van der Waals surface area (Å²) in [5, 5.41) is 15.3. The van der Waals surface area contributed by atoms with E-state index in [0.29, 0.717) is 50.8 Å². The highest BCUT2D eigenvalue weighted by Crippen LogP contribution is 2.41. The van der Waals surface area contributed by atoms with E-state index in [0.717, 1.165) is 24.0 Å². The molecule has 0 radical (unpaired) electrons. The third-order valence-corrected chi connectivity index (χ3v) is 7.19. The first-order chi connectivity index (χ1) is 18.9. The lowest BCUT2D eigenvalue weighted by Crippen LogP contribution is -2.20. The zero-order chi connectivity index (χ0) is 26.8. The number of benzene rings is 2. The van der Waals surface area contributed by atoms with E-state index in [9.17, 15) is 9.90 Å². The monoisotopic (exact) mass is 522 g/mol. The van der Waals surface area contributed by atoms with Crippen LogP contribution >= 0.6 is 0 Å². The number of nitrogen functional groups attached to an aromatic ring is 1. The first-order valence-corrected chi connectivity index (χ1v) is 12.5. The highest BCUT2D eigenvalue weighted by atomic mass is 19.1. The molecule has 4 aromatic heterocycles. The van der Waals surface area contributed by atoms with Gasteiger partial charge in [0.1, 0.15) is 22.9 Å². The van der Waals surface area contributed by atoms with Crippen LogP contribution in [-0.2, 0) is 13.7 Å². The van der Waals surface area contributed by atoms with Crippen molar-refractivity contribution in [3.05, 3.63) is 82.3 Å². The van der Waals surface area contributed by atoms with Gasteiger partial charge >= 0.3 is 0 Å². The van der Waals surface area contributed by atoms with Crippen molar-refractivity contribution >= 4 is 27.9 Å². The van der Waals surface area contributed by atoms with Gasteiger partial charge < -0.3 is 15.8 Å². The smallest absolute Gasteiger partial charge is 0.265 e. The highest BCUT2D eigenvalue weighted by Gasteiger charge is 2.26. The zero-order valence-corrected chi connectivity index (χ0v) is 20.9. The van der Waals surface area contributed by atoms with Crippen molar-refractivity contribution in [3.63, 3.8) is 0 Å². The van der Waals surface area contributed by atoms with Crippen molar-refractivity contribution in [1.82, 2.24) is 34.3 Å². The van der Waals surface area contributed by atoms with Crippen LogP contribution in [0.5, 0.6) is 0 Å². The Hall–Kier alpha value is -4.90. The van der Waals surface area contributed by atoms with Gasteiger partial charge in [0, 0.05) is 30.6 Å². The molecule has 7 rings (SSSR count). The number of pyridine rings is 1. The van der Waals surface area contributed by atoms with E-state index in [-0.39, 0.29) is 11.3 Å². The number of aliphatic hydroxyl groups is 1. The molecular formula is C28H23FN8O2. The molecule has 4 N–H and O–H groups in total. The van der Waals surface area contributed by atoms with Gasteiger partial charge in [0.2, 0.25) is 5.95 Å². The van der Waals surface area contributed by atoms with Crippen LogP contribution < -0.4 is 11.3 Å². The number of imidazole rings is 1. The number of nitrogens with two attached hydrogens (primary N) is 1. The van der Waals surface area contributed by atoms with Crippen LogP contribution in [0.3, 0.4) is 0 Å². The number of aliphatic hydroxyl groups excluding tert-OH is 1. The Balaban J connectivity index is 1.42. The molecule has 1 fully saturated rings. The van der Waals surface area contributed by atoms with Gasteiger partial charge in [-0.25, -0.2) is 14.4 Å². The molecule has 6 aromatic rings. The van der Waals surface area contributed by atoms with E-state index in [1.807, 2.05) is 12.3 Å². The maximum atomic E-state index is 15.2. The minimum Gasteiger partial charge on any atom is -0.392 e. The molecule has 4 heterocycles. The lowest BCUT2D eigenvalue weighted by molar-refractivity contribution is 0.282. The van der Waals surface area contributed by atoms with Crippen molar-refractivity contribution < 1.29 is 9.50 Å². The van der Waals surface area contributed by atoms with Crippen molar-refractivity contribution in [2.45, 2.75) is 25.4 Å².